The fraction of sp³-hybridized carbons (Fsp3) is 1.00. The second-order valence-corrected chi connectivity index (χ2v) is 4.91. The summed E-state index contributed by atoms with van der Waals surface area (Å²) in [6.07, 6.45) is 0. The van der Waals surface area contributed by atoms with Crippen molar-refractivity contribution in [3.8, 4) is 0 Å². The summed E-state index contributed by atoms with van der Waals surface area (Å²) in [7, 11) is 2.18. The van der Waals surface area contributed by atoms with Gasteiger partial charge in [-0.25, -0.2) is 0 Å². The van der Waals surface area contributed by atoms with Crippen molar-refractivity contribution in [3.63, 3.8) is 0 Å². The van der Waals surface area contributed by atoms with Gasteiger partial charge in [0.25, 0.3) is 0 Å². The Morgan fingerprint density at radius 1 is 1.44 bits per heavy atom. The molecule has 0 amide bonds. The topological polar surface area (TPSA) is 3.24 Å². The van der Waals surface area contributed by atoms with Gasteiger partial charge < -0.3 is 4.90 Å². The molecule has 1 nitrogen and oxygen atoms in total. The van der Waals surface area contributed by atoms with Gasteiger partial charge in [0.2, 0.25) is 0 Å². The lowest BCUT2D eigenvalue weighted by atomic mass is 10.2. The third-order valence-corrected chi connectivity index (χ3v) is 2.72. The van der Waals surface area contributed by atoms with E-state index >= 15 is 0 Å². The number of thioether (sulfide) groups is 1. The van der Waals surface area contributed by atoms with Crippen molar-refractivity contribution in [2.24, 2.45) is 0 Å². The van der Waals surface area contributed by atoms with Crippen LogP contribution in [0.15, 0.2) is 0 Å². The molecule has 0 atom stereocenters. The number of nitrogens with zero attached hydrogens (tertiary/aromatic N) is 1. The molecule has 0 saturated carbocycles. The second kappa shape index (κ2) is 2.93. The van der Waals surface area contributed by atoms with Gasteiger partial charge in [-0.2, -0.15) is 11.8 Å². The molecule has 54 valence electrons. The van der Waals surface area contributed by atoms with Gasteiger partial charge in [-0.05, 0) is 12.3 Å². The van der Waals surface area contributed by atoms with Crippen molar-refractivity contribution in [2.75, 3.05) is 20.1 Å². The van der Waals surface area contributed by atoms with Crippen molar-refractivity contribution in [2.45, 2.75) is 24.3 Å². The molecule has 0 aromatic heterocycles. The molecule has 1 fully saturated rings. The first-order chi connectivity index (χ1) is 4.18. The number of likely N-dealkylation sites (tertiary alicyclic amines) is 1. The van der Waals surface area contributed by atoms with E-state index in [0.717, 1.165) is 10.5 Å². The lowest BCUT2D eigenvalue weighted by Crippen LogP contribution is -2.46. The monoisotopic (exact) mass is 145 g/mol. The van der Waals surface area contributed by atoms with Gasteiger partial charge >= 0.3 is 0 Å². The van der Waals surface area contributed by atoms with E-state index in [4.69, 9.17) is 0 Å². The third-order valence-electron chi connectivity index (χ3n) is 1.50. The Morgan fingerprint density at radius 3 is 2.33 bits per heavy atom. The fourth-order valence-electron chi connectivity index (χ4n) is 1.11. The Kier molecular flexibility index (Phi) is 2.42. The van der Waals surface area contributed by atoms with Crippen LogP contribution in [0.4, 0.5) is 0 Å². The van der Waals surface area contributed by atoms with E-state index in [2.05, 4.69) is 37.6 Å². The van der Waals surface area contributed by atoms with Gasteiger partial charge in [-0.1, -0.05) is 13.8 Å². The van der Waals surface area contributed by atoms with Gasteiger partial charge in [0.05, 0.1) is 0 Å². The van der Waals surface area contributed by atoms with E-state index in [1.54, 1.807) is 0 Å². The van der Waals surface area contributed by atoms with Crippen molar-refractivity contribution in [3.05, 3.63) is 0 Å². The molecule has 0 spiro atoms. The summed E-state index contributed by atoms with van der Waals surface area (Å²) in [4.78, 5) is 2.36. The Labute approximate surface area is 61.8 Å². The molecule has 1 heterocycles. The molecule has 0 radical (unpaired) electrons. The molecule has 0 aliphatic carbocycles. The number of rotatable bonds is 2. The third kappa shape index (κ3) is 2.18. The molecule has 1 aliphatic rings. The van der Waals surface area contributed by atoms with E-state index in [-0.39, 0.29) is 0 Å². The molecule has 0 aromatic carbocycles. The largest absolute Gasteiger partial charge is 0.304 e. The first kappa shape index (κ1) is 7.42. The fourth-order valence-corrected chi connectivity index (χ4v) is 2.56. The van der Waals surface area contributed by atoms with Crippen LogP contribution in [0, 0.1) is 0 Å². The molecule has 0 N–H and O–H groups in total. The standard InChI is InChI=1S/C7H15NS/c1-6(2)9-7-4-8(3)5-7/h6-7H,4-5H2,1-3H3. The molecule has 1 saturated heterocycles. The van der Waals surface area contributed by atoms with E-state index in [9.17, 15) is 0 Å². The Balaban J connectivity index is 2.04. The maximum atomic E-state index is 2.36. The quantitative estimate of drug-likeness (QED) is 0.578. The van der Waals surface area contributed by atoms with Crippen LogP contribution in [0.3, 0.4) is 0 Å². The zero-order valence-corrected chi connectivity index (χ0v) is 7.24. The Bertz CT molecular complexity index is 86.9. The molecule has 9 heavy (non-hydrogen) atoms. The Morgan fingerprint density at radius 2 is 2.00 bits per heavy atom. The average molecular weight is 145 g/mol. The van der Waals surface area contributed by atoms with Crippen LogP contribution in [0.2, 0.25) is 0 Å². The summed E-state index contributed by atoms with van der Waals surface area (Å²) in [6.45, 7) is 7.12. The summed E-state index contributed by atoms with van der Waals surface area (Å²) < 4.78 is 0. The molecule has 1 rings (SSSR count). The molecule has 0 unspecified atom stereocenters. The maximum absolute atomic E-state index is 2.36. The second-order valence-electron chi connectivity index (χ2n) is 3.03. The lowest BCUT2D eigenvalue weighted by molar-refractivity contribution is 0.239. The predicted molar refractivity (Wildman–Crippen MR) is 44.0 cm³/mol. The highest BCUT2D eigenvalue weighted by atomic mass is 32.2. The van der Waals surface area contributed by atoms with Crippen LogP contribution in [0.25, 0.3) is 0 Å². The van der Waals surface area contributed by atoms with Crippen molar-refractivity contribution in [1.82, 2.24) is 4.90 Å². The number of hydrogen-bond donors (Lipinski definition) is 0. The summed E-state index contributed by atoms with van der Waals surface area (Å²) in [6, 6.07) is 0. The Hall–Kier alpha value is 0.310. The molecular weight excluding hydrogens is 130 g/mol. The van der Waals surface area contributed by atoms with Crippen LogP contribution in [0.5, 0.6) is 0 Å². The molecule has 1 aliphatic heterocycles. The summed E-state index contributed by atoms with van der Waals surface area (Å²) in [5.41, 5.74) is 0. The predicted octanol–water partition coefficient (Wildman–Crippen LogP) is 1.44. The van der Waals surface area contributed by atoms with Crippen LogP contribution in [0.1, 0.15) is 13.8 Å². The number of hydrogen-bond acceptors (Lipinski definition) is 2. The van der Waals surface area contributed by atoms with E-state index in [1.165, 1.54) is 13.1 Å². The zero-order chi connectivity index (χ0) is 6.85. The van der Waals surface area contributed by atoms with Gasteiger partial charge in [0.1, 0.15) is 0 Å². The van der Waals surface area contributed by atoms with Crippen molar-refractivity contribution < 1.29 is 0 Å². The minimum absolute atomic E-state index is 0.809. The van der Waals surface area contributed by atoms with Crippen molar-refractivity contribution >= 4 is 11.8 Å². The van der Waals surface area contributed by atoms with Gasteiger partial charge in [-0.3, -0.25) is 0 Å². The van der Waals surface area contributed by atoms with Crippen molar-refractivity contribution in [1.29, 1.82) is 0 Å². The van der Waals surface area contributed by atoms with Gasteiger partial charge in [0, 0.05) is 18.3 Å². The van der Waals surface area contributed by atoms with Gasteiger partial charge in [-0.15, -0.1) is 0 Å². The highest BCUT2D eigenvalue weighted by Crippen LogP contribution is 2.24. The highest BCUT2D eigenvalue weighted by Gasteiger charge is 2.23. The van der Waals surface area contributed by atoms with E-state index in [1.807, 2.05) is 0 Å². The molecule has 0 aromatic rings. The van der Waals surface area contributed by atoms with Crippen LogP contribution in [-0.2, 0) is 0 Å². The first-order valence-electron chi connectivity index (χ1n) is 3.52. The van der Waals surface area contributed by atoms with Crippen LogP contribution >= 0.6 is 11.8 Å². The molecular formula is C7H15NS. The smallest absolute Gasteiger partial charge is 0.0304 e. The van der Waals surface area contributed by atoms with E-state index < -0.39 is 0 Å². The lowest BCUT2D eigenvalue weighted by Gasteiger charge is -2.36. The van der Waals surface area contributed by atoms with E-state index in [0.29, 0.717) is 0 Å². The normalized spacial score (nSPS) is 22.7. The van der Waals surface area contributed by atoms with Crippen LogP contribution < -0.4 is 0 Å². The highest BCUT2D eigenvalue weighted by molar-refractivity contribution is 8.00. The summed E-state index contributed by atoms with van der Waals surface area (Å²) in [5.74, 6) is 0. The summed E-state index contributed by atoms with van der Waals surface area (Å²) in [5, 5.41) is 1.73. The van der Waals surface area contributed by atoms with Gasteiger partial charge in [0.15, 0.2) is 0 Å². The minimum Gasteiger partial charge on any atom is -0.304 e. The maximum Gasteiger partial charge on any atom is 0.0304 e. The molecule has 0 bridgehead atoms. The minimum atomic E-state index is 0.809. The zero-order valence-electron chi connectivity index (χ0n) is 6.42. The SMILES string of the molecule is CC(C)SC1CN(C)C1. The average Bonchev–Trinajstić information content (AvgIpc) is 1.60. The molecule has 2 heteroatoms. The summed E-state index contributed by atoms with van der Waals surface area (Å²) >= 11 is 2.10. The first-order valence-corrected chi connectivity index (χ1v) is 4.47. The van der Waals surface area contributed by atoms with Crippen LogP contribution in [-0.4, -0.2) is 35.5 Å².